The zero-order valence-electron chi connectivity index (χ0n) is 19.5. The molecule has 1 aliphatic rings. The van der Waals surface area contributed by atoms with Crippen LogP contribution >= 0.6 is 0 Å². The number of benzene rings is 2. The minimum Gasteiger partial charge on any atom is -0.489 e. The van der Waals surface area contributed by atoms with Gasteiger partial charge in [0, 0.05) is 30.2 Å². The number of anilines is 5. The first kappa shape index (κ1) is 21.0. The number of nitrogens with one attached hydrogen (secondary N) is 2. The van der Waals surface area contributed by atoms with Gasteiger partial charge < -0.3 is 20.3 Å². The molecule has 0 aliphatic carbocycles. The van der Waals surface area contributed by atoms with Gasteiger partial charge in [-0.1, -0.05) is 6.07 Å². The number of ether oxygens (including phenoxy) is 1. The van der Waals surface area contributed by atoms with Crippen molar-refractivity contribution >= 4 is 28.8 Å². The summed E-state index contributed by atoms with van der Waals surface area (Å²) in [5, 5.41) is 6.93. The van der Waals surface area contributed by atoms with E-state index in [2.05, 4.69) is 80.4 Å². The van der Waals surface area contributed by atoms with E-state index < -0.39 is 0 Å². The van der Waals surface area contributed by atoms with Gasteiger partial charge in [0.25, 0.3) is 0 Å². The average Bonchev–Trinajstić information content (AvgIpc) is 2.75. The molecule has 3 aromatic rings. The van der Waals surface area contributed by atoms with Crippen LogP contribution in [0.1, 0.15) is 33.4 Å². The second kappa shape index (κ2) is 8.10. The molecule has 0 saturated heterocycles. The largest absolute Gasteiger partial charge is 0.489 e. The van der Waals surface area contributed by atoms with Crippen LogP contribution in [0, 0.1) is 41.5 Å². The Morgan fingerprint density at radius 3 is 2.39 bits per heavy atom. The molecule has 1 aliphatic heterocycles. The molecule has 4 rings (SSSR count). The third-order valence-electron chi connectivity index (χ3n) is 6.43. The Morgan fingerprint density at radius 2 is 1.61 bits per heavy atom. The Kier molecular flexibility index (Phi) is 5.48. The molecular weight excluding hydrogens is 386 g/mol. The van der Waals surface area contributed by atoms with Gasteiger partial charge in [-0.2, -0.15) is 4.98 Å². The van der Waals surface area contributed by atoms with Gasteiger partial charge in [0.05, 0.1) is 12.2 Å². The monoisotopic (exact) mass is 417 g/mol. The van der Waals surface area contributed by atoms with Crippen molar-refractivity contribution < 1.29 is 4.74 Å². The van der Waals surface area contributed by atoms with Gasteiger partial charge in [-0.3, -0.25) is 0 Å². The standard InChI is InChI=1S/C25H31N5O/c1-14-8-9-20(17(4)16(14)3)27-24-15(2)13-26-25(29-24)28-21-12-22-23(19(6)18(21)5)31-11-10-30(22)7/h8-9,12-13H,10-11H2,1-7H3,(H2,26,27,28,29). The molecule has 162 valence electrons. The molecule has 0 bridgehead atoms. The highest BCUT2D eigenvalue weighted by Crippen LogP contribution is 2.40. The summed E-state index contributed by atoms with van der Waals surface area (Å²) in [4.78, 5) is 11.5. The zero-order chi connectivity index (χ0) is 22.3. The van der Waals surface area contributed by atoms with Crippen molar-refractivity contribution in [1.29, 1.82) is 0 Å². The van der Waals surface area contributed by atoms with E-state index in [4.69, 9.17) is 9.72 Å². The van der Waals surface area contributed by atoms with Gasteiger partial charge in [-0.15, -0.1) is 0 Å². The van der Waals surface area contributed by atoms with E-state index in [1.54, 1.807) is 0 Å². The van der Waals surface area contributed by atoms with Crippen molar-refractivity contribution in [2.24, 2.45) is 0 Å². The lowest BCUT2D eigenvalue weighted by molar-refractivity contribution is 0.309. The molecule has 0 fully saturated rings. The van der Waals surface area contributed by atoms with Crippen LogP contribution in [0.25, 0.3) is 0 Å². The van der Waals surface area contributed by atoms with Crippen molar-refractivity contribution in [3.63, 3.8) is 0 Å². The third-order valence-corrected chi connectivity index (χ3v) is 6.43. The number of aryl methyl sites for hydroxylation is 2. The summed E-state index contributed by atoms with van der Waals surface area (Å²) < 4.78 is 5.93. The molecule has 0 saturated carbocycles. The molecule has 2 N–H and O–H groups in total. The van der Waals surface area contributed by atoms with E-state index in [9.17, 15) is 0 Å². The summed E-state index contributed by atoms with van der Waals surface area (Å²) in [7, 11) is 2.09. The second-order valence-electron chi connectivity index (χ2n) is 8.45. The highest BCUT2D eigenvalue weighted by molar-refractivity contribution is 5.75. The Bertz CT molecular complexity index is 1160. The van der Waals surface area contributed by atoms with Crippen molar-refractivity contribution in [3.8, 4) is 5.75 Å². The molecule has 6 nitrogen and oxygen atoms in total. The normalized spacial score (nSPS) is 12.9. The van der Waals surface area contributed by atoms with Gasteiger partial charge in [0.2, 0.25) is 5.95 Å². The van der Waals surface area contributed by atoms with E-state index in [0.29, 0.717) is 12.6 Å². The summed E-state index contributed by atoms with van der Waals surface area (Å²) in [6.07, 6.45) is 1.85. The fourth-order valence-corrected chi connectivity index (χ4v) is 3.84. The summed E-state index contributed by atoms with van der Waals surface area (Å²) in [5.41, 5.74) is 10.2. The highest BCUT2D eigenvalue weighted by atomic mass is 16.5. The lowest BCUT2D eigenvalue weighted by atomic mass is 10.0. The Balaban J connectivity index is 1.66. The van der Waals surface area contributed by atoms with Crippen LogP contribution in [0.3, 0.4) is 0 Å². The molecule has 0 unspecified atom stereocenters. The number of fused-ring (bicyclic) bond motifs is 1. The van der Waals surface area contributed by atoms with E-state index in [1.807, 2.05) is 13.1 Å². The molecule has 6 heteroatoms. The lowest BCUT2D eigenvalue weighted by Gasteiger charge is -2.30. The minimum absolute atomic E-state index is 0.566. The molecule has 2 heterocycles. The predicted molar refractivity (Wildman–Crippen MR) is 129 cm³/mol. The van der Waals surface area contributed by atoms with Crippen LogP contribution in [0.5, 0.6) is 5.75 Å². The van der Waals surface area contributed by atoms with Crippen molar-refractivity contribution in [3.05, 3.63) is 57.8 Å². The lowest BCUT2D eigenvalue weighted by Crippen LogP contribution is -2.29. The van der Waals surface area contributed by atoms with Gasteiger partial charge >= 0.3 is 0 Å². The molecule has 0 atom stereocenters. The highest BCUT2D eigenvalue weighted by Gasteiger charge is 2.21. The van der Waals surface area contributed by atoms with Gasteiger partial charge in [-0.25, -0.2) is 4.98 Å². The molecule has 0 spiro atoms. The number of hydrogen-bond acceptors (Lipinski definition) is 6. The topological polar surface area (TPSA) is 62.3 Å². The van der Waals surface area contributed by atoms with Gasteiger partial charge in [-0.05, 0) is 81.5 Å². The maximum absolute atomic E-state index is 5.93. The summed E-state index contributed by atoms with van der Waals surface area (Å²) >= 11 is 0. The van der Waals surface area contributed by atoms with Gasteiger partial charge in [0.1, 0.15) is 18.2 Å². The third kappa shape index (κ3) is 3.90. The first-order valence-corrected chi connectivity index (χ1v) is 10.7. The first-order chi connectivity index (χ1) is 14.8. The number of hydrogen-bond donors (Lipinski definition) is 2. The fourth-order valence-electron chi connectivity index (χ4n) is 3.84. The Morgan fingerprint density at radius 1 is 0.871 bits per heavy atom. The van der Waals surface area contributed by atoms with E-state index in [1.165, 1.54) is 16.7 Å². The van der Waals surface area contributed by atoms with Crippen LogP contribution in [-0.2, 0) is 0 Å². The van der Waals surface area contributed by atoms with Crippen molar-refractivity contribution in [1.82, 2.24) is 9.97 Å². The summed E-state index contributed by atoms with van der Waals surface area (Å²) in [6, 6.07) is 6.37. The molecule has 0 amide bonds. The number of likely N-dealkylation sites (N-methyl/N-ethyl adjacent to an activating group) is 1. The zero-order valence-corrected chi connectivity index (χ0v) is 19.5. The van der Waals surface area contributed by atoms with Crippen molar-refractivity contribution in [2.75, 3.05) is 35.7 Å². The molecule has 1 aromatic heterocycles. The van der Waals surface area contributed by atoms with Crippen LogP contribution in [0.2, 0.25) is 0 Å². The van der Waals surface area contributed by atoms with Crippen LogP contribution in [0.4, 0.5) is 28.8 Å². The van der Waals surface area contributed by atoms with Crippen LogP contribution in [0.15, 0.2) is 24.4 Å². The summed E-state index contributed by atoms with van der Waals surface area (Å²) in [6.45, 7) is 14.2. The van der Waals surface area contributed by atoms with E-state index in [-0.39, 0.29) is 0 Å². The van der Waals surface area contributed by atoms with Crippen LogP contribution < -0.4 is 20.3 Å². The number of aromatic nitrogens is 2. The SMILES string of the molecule is Cc1cnc(Nc2cc3c(c(C)c2C)OCCN3C)nc1Nc1ccc(C)c(C)c1C. The average molecular weight is 418 g/mol. The number of rotatable bonds is 4. The molecular formula is C25H31N5O. The smallest absolute Gasteiger partial charge is 0.229 e. The second-order valence-corrected chi connectivity index (χ2v) is 8.45. The van der Waals surface area contributed by atoms with E-state index >= 15 is 0 Å². The minimum atomic E-state index is 0.566. The first-order valence-electron chi connectivity index (χ1n) is 10.7. The van der Waals surface area contributed by atoms with Crippen LogP contribution in [-0.4, -0.2) is 30.2 Å². The molecule has 31 heavy (non-hydrogen) atoms. The predicted octanol–water partition coefficient (Wildman–Crippen LogP) is 5.64. The molecule has 0 radical (unpaired) electrons. The maximum atomic E-state index is 5.93. The van der Waals surface area contributed by atoms with E-state index in [0.717, 1.165) is 51.9 Å². The fraction of sp³-hybridized carbons (Fsp3) is 0.360. The summed E-state index contributed by atoms with van der Waals surface area (Å²) in [5.74, 6) is 2.34. The molecule has 2 aromatic carbocycles. The quantitative estimate of drug-likeness (QED) is 0.573. The Hall–Kier alpha value is -3.28. The Labute approximate surface area is 184 Å². The number of nitrogens with zero attached hydrogens (tertiary/aromatic N) is 3. The maximum Gasteiger partial charge on any atom is 0.229 e. The van der Waals surface area contributed by atoms with Crippen molar-refractivity contribution in [2.45, 2.75) is 41.5 Å². The van der Waals surface area contributed by atoms with Gasteiger partial charge in [0.15, 0.2) is 0 Å².